The Labute approximate surface area is 173 Å². The van der Waals surface area contributed by atoms with E-state index in [0.717, 1.165) is 23.1 Å². The summed E-state index contributed by atoms with van der Waals surface area (Å²) in [5.74, 6) is 1.53. The van der Waals surface area contributed by atoms with Gasteiger partial charge in [-0.3, -0.25) is 9.36 Å². The number of anilines is 1. The summed E-state index contributed by atoms with van der Waals surface area (Å²) in [5, 5.41) is 13.2. The number of furan rings is 1. The van der Waals surface area contributed by atoms with Crippen LogP contribution in [0.1, 0.15) is 19.4 Å². The molecule has 0 bridgehead atoms. The second-order valence-corrected chi connectivity index (χ2v) is 7.53. The second-order valence-electron chi connectivity index (χ2n) is 6.59. The number of nitrogens with zero attached hydrogens (tertiary/aromatic N) is 3. The van der Waals surface area contributed by atoms with Gasteiger partial charge in [0.25, 0.3) is 0 Å². The van der Waals surface area contributed by atoms with Crippen LogP contribution in [0.5, 0.6) is 0 Å². The molecule has 0 spiro atoms. The molecule has 0 aliphatic rings. The van der Waals surface area contributed by atoms with Gasteiger partial charge in [-0.05, 0) is 43.2 Å². The first-order chi connectivity index (χ1) is 14.2. The number of aryl methyl sites for hydroxylation is 1. The van der Waals surface area contributed by atoms with Crippen LogP contribution in [0.3, 0.4) is 0 Å². The Morgan fingerprint density at radius 1 is 1.10 bits per heavy atom. The van der Waals surface area contributed by atoms with Crippen molar-refractivity contribution in [2.75, 3.05) is 11.1 Å². The van der Waals surface area contributed by atoms with Crippen LogP contribution < -0.4 is 5.32 Å². The Morgan fingerprint density at radius 2 is 1.90 bits per heavy atom. The van der Waals surface area contributed by atoms with Crippen LogP contribution in [0.2, 0.25) is 0 Å². The van der Waals surface area contributed by atoms with Gasteiger partial charge in [0.1, 0.15) is 5.58 Å². The van der Waals surface area contributed by atoms with Gasteiger partial charge in [-0.2, -0.15) is 0 Å². The molecule has 0 unspecified atom stereocenters. The van der Waals surface area contributed by atoms with E-state index >= 15 is 0 Å². The van der Waals surface area contributed by atoms with Crippen LogP contribution in [-0.4, -0.2) is 26.4 Å². The summed E-state index contributed by atoms with van der Waals surface area (Å²) in [7, 11) is 0. The Morgan fingerprint density at radius 3 is 2.62 bits per heavy atom. The molecule has 2 aromatic heterocycles. The molecule has 2 aromatic carbocycles. The SMILES string of the molecule is CCc1ccc(NC(=O)CSc2nnc(-c3cc4ccccc4o3)n2CC)cc1. The van der Waals surface area contributed by atoms with Crippen molar-refractivity contribution in [3.8, 4) is 11.6 Å². The topological polar surface area (TPSA) is 73.0 Å². The Hall–Kier alpha value is -3.06. The zero-order valence-electron chi connectivity index (χ0n) is 16.4. The van der Waals surface area contributed by atoms with Crippen LogP contribution in [0.25, 0.3) is 22.6 Å². The molecule has 148 valence electrons. The number of fused-ring (bicyclic) bond motifs is 1. The minimum atomic E-state index is -0.0739. The van der Waals surface area contributed by atoms with E-state index in [4.69, 9.17) is 4.42 Å². The summed E-state index contributed by atoms with van der Waals surface area (Å²) < 4.78 is 7.89. The summed E-state index contributed by atoms with van der Waals surface area (Å²) >= 11 is 1.36. The number of amides is 1. The lowest BCUT2D eigenvalue weighted by Crippen LogP contribution is -2.14. The third-order valence-electron chi connectivity index (χ3n) is 4.66. The monoisotopic (exact) mass is 406 g/mol. The molecule has 0 fully saturated rings. The first-order valence-electron chi connectivity index (χ1n) is 9.61. The predicted molar refractivity (Wildman–Crippen MR) is 116 cm³/mol. The standard InChI is InChI=1S/C22H22N4O2S/c1-3-15-9-11-17(12-10-15)23-20(27)14-29-22-25-24-21(26(22)4-2)19-13-16-7-5-6-8-18(16)28-19/h5-13H,3-4,14H2,1-2H3,(H,23,27). The van der Waals surface area contributed by atoms with Gasteiger partial charge < -0.3 is 9.73 Å². The quantitative estimate of drug-likeness (QED) is 0.437. The number of benzene rings is 2. The number of rotatable bonds is 7. The highest BCUT2D eigenvalue weighted by molar-refractivity contribution is 7.99. The third kappa shape index (κ3) is 4.19. The number of hydrogen-bond donors (Lipinski definition) is 1. The number of para-hydroxylation sites is 1. The van der Waals surface area contributed by atoms with E-state index in [1.54, 1.807) is 0 Å². The minimum Gasteiger partial charge on any atom is -0.453 e. The molecular weight excluding hydrogens is 384 g/mol. The summed E-state index contributed by atoms with van der Waals surface area (Å²) in [6.07, 6.45) is 0.977. The van der Waals surface area contributed by atoms with Crippen molar-refractivity contribution in [1.82, 2.24) is 14.8 Å². The first kappa shape index (κ1) is 19.3. The van der Waals surface area contributed by atoms with E-state index in [0.29, 0.717) is 23.3 Å². The Balaban J connectivity index is 1.45. The molecule has 6 nitrogen and oxygen atoms in total. The van der Waals surface area contributed by atoms with Crippen LogP contribution >= 0.6 is 11.8 Å². The number of thioether (sulfide) groups is 1. The molecule has 0 aliphatic heterocycles. The average Bonchev–Trinajstić information content (AvgIpc) is 3.36. The molecule has 2 heterocycles. The van der Waals surface area contributed by atoms with Crippen LogP contribution in [-0.2, 0) is 17.8 Å². The van der Waals surface area contributed by atoms with Gasteiger partial charge in [0.05, 0.1) is 5.75 Å². The van der Waals surface area contributed by atoms with Crippen molar-refractivity contribution >= 4 is 34.3 Å². The summed E-state index contributed by atoms with van der Waals surface area (Å²) in [4.78, 5) is 12.3. The largest absolute Gasteiger partial charge is 0.453 e. The van der Waals surface area contributed by atoms with Crippen molar-refractivity contribution in [2.24, 2.45) is 0 Å². The third-order valence-corrected chi connectivity index (χ3v) is 5.62. The molecule has 0 aliphatic carbocycles. The summed E-state index contributed by atoms with van der Waals surface area (Å²) in [6, 6.07) is 17.7. The van der Waals surface area contributed by atoms with E-state index in [1.165, 1.54) is 17.3 Å². The number of aromatic nitrogens is 3. The second kappa shape index (κ2) is 8.53. The summed E-state index contributed by atoms with van der Waals surface area (Å²) in [6.45, 7) is 4.81. The van der Waals surface area contributed by atoms with Crippen LogP contribution in [0.15, 0.2) is 64.2 Å². The lowest BCUT2D eigenvalue weighted by Gasteiger charge is -2.07. The molecule has 0 radical (unpaired) electrons. The Bertz CT molecular complexity index is 1100. The van der Waals surface area contributed by atoms with Crippen molar-refractivity contribution in [1.29, 1.82) is 0 Å². The van der Waals surface area contributed by atoms with Crippen molar-refractivity contribution < 1.29 is 9.21 Å². The Kier molecular flexibility index (Phi) is 5.67. The van der Waals surface area contributed by atoms with Crippen molar-refractivity contribution in [3.63, 3.8) is 0 Å². The number of carbonyl (C=O) groups is 1. The van der Waals surface area contributed by atoms with Gasteiger partial charge in [0.2, 0.25) is 11.7 Å². The first-order valence-corrected chi connectivity index (χ1v) is 10.6. The lowest BCUT2D eigenvalue weighted by molar-refractivity contribution is -0.113. The van der Waals surface area contributed by atoms with Gasteiger partial charge in [0, 0.05) is 17.6 Å². The molecule has 7 heteroatoms. The maximum absolute atomic E-state index is 12.3. The smallest absolute Gasteiger partial charge is 0.234 e. The molecule has 0 saturated heterocycles. The van der Waals surface area contributed by atoms with Crippen LogP contribution in [0.4, 0.5) is 5.69 Å². The predicted octanol–water partition coefficient (Wildman–Crippen LogP) is 5.00. The highest BCUT2D eigenvalue weighted by atomic mass is 32.2. The van der Waals surface area contributed by atoms with Gasteiger partial charge in [-0.25, -0.2) is 0 Å². The molecule has 0 atom stereocenters. The van der Waals surface area contributed by atoms with Crippen molar-refractivity contribution in [2.45, 2.75) is 32.0 Å². The molecule has 29 heavy (non-hydrogen) atoms. The summed E-state index contributed by atoms with van der Waals surface area (Å²) in [5.41, 5.74) is 2.86. The number of hydrogen-bond acceptors (Lipinski definition) is 5. The van der Waals surface area contributed by atoms with Gasteiger partial charge in [-0.1, -0.05) is 49.0 Å². The van der Waals surface area contributed by atoms with E-state index in [2.05, 4.69) is 22.4 Å². The minimum absolute atomic E-state index is 0.0739. The highest BCUT2D eigenvalue weighted by Gasteiger charge is 2.17. The number of nitrogens with one attached hydrogen (secondary N) is 1. The van der Waals surface area contributed by atoms with Crippen LogP contribution in [0, 0.1) is 0 Å². The van der Waals surface area contributed by atoms with Gasteiger partial charge in [0.15, 0.2) is 10.9 Å². The normalized spacial score (nSPS) is 11.1. The van der Waals surface area contributed by atoms with Crippen molar-refractivity contribution in [3.05, 3.63) is 60.2 Å². The molecule has 4 rings (SSSR count). The maximum atomic E-state index is 12.3. The average molecular weight is 407 g/mol. The van der Waals surface area contributed by atoms with Gasteiger partial charge >= 0.3 is 0 Å². The fraction of sp³-hybridized carbons (Fsp3) is 0.227. The van der Waals surface area contributed by atoms with E-state index < -0.39 is 0 Å². The molecule has 1 N–H and O–H groups in total. The number of carbonyl (C=O) groups excluding carboxylic acids is 1. The fourth-order valence-electron chi connectivity index (χ4n) is 3.11. The highest BCUT2D eigenvalue weighted by Crippen LogP contribution is 2.29. The van der Waals surface area contributed by atoms with Gasteiger partial charge in [-0.15, -0.1) is 10.2 Å². The molecule has 0 saturated carbocycles. The maximum Gasteiger partial charge on any atom is 0.234 e. The molecule has 1 amide bonds. The zero-order chi connectivity index (χ0) is 20.2. The van der Waals surface area contributed by atoms with E-state index in [9.17, 15) is 4.79 Å². The van der Waals surface area contributed by atoms with E-state index in [-0.39, 0.29) is 11.7 Å². The zero-order valence-corrected chi connectivity index (χ0v) is 17.2. The lowest BCUT2D eigenvalue weighted by atomic mass is 10.1. The van der Waals surface area contributed by atoms with E-state index in [1.807, 2.05) is 66.1 Å². The molecular formula is C22H22N4O2S. The molecule has 4 aromatic rings. The fourth-order valence-corrected chi connectivity index (χ4v) is 3.91.